The van der Waals surface area contributed by atoms with Crippen molar-refractivity contribution < 1.29 is 14.3 Å². The Kier molecular flexibility index (Phi) is 10.8. The molecule has 2 N–H and O–H groups in total. The molecule has 1 fully saturated rings. The first-order valence-corrected chi connectivity index (χ1v) is 17.0. The first kappa shape index (κ1) is 33.9. The summed E-state index contributed by atoms with van der Waals surface area (Å²) >= 11 is 3.53. The second kappa shape index (κ2) is 14.0. The highest BCUT2D eigenvalue weighted by molar-refractivity contribution is 7.79. The molecular weight excluding hydrogens is 568 g/mol. The van der Waals surface area contributed by atoms with Crippen LogP contribution >= 0.6 is 12.6 Å². The summed E-state index contributed by atoms with van der Waals surface area (Å²) in [6.07, 6.45) is 6.63. The molecule has 2 aliphatic rings. The maximum absolute atomic E-state index is 14.6. The molecule has 0 aliphatic carbocycles. The number of hydrogen-bond acceptors (Lipinski definition) is 5. The maximum Gasteiger partial charge on any atom is 0.248 e. The van der Waals surface area contributed by atoms with E-state index in [4.69, 9.17) is 10.5 Å². The molecule has 240 valence electrons. The van der Waals surface area contributed by atoms with Gasteiger partial charge in [0.05, 0.1) is 18.2 Å². The summed E-state index contributed by atoms with van der Waals surface area (Å²) in [4.78, 5) is 31.4. The highest BCUT2D eigenvalue weighted by Gasteiger charge is 2.44. The van der Waals surface area contributed by atoms with Gasteiger partial charge >= 0.3 is 0 Å². The Balaban J connectivity index is 0.00000216. The number of hydrogen-bond donors (Lipinski definition) is 2. The predicted octanol–water partition coefficient (Wildman–Crippen LogP) is 6.76. The third-order valence-corrected chi connectivity index (χ3v) is 9.89. The number of fused-ring (bicyclic) bond motifs is 5. The Labute approximate surface area is 269 Å². The number of nitrogens with two attached hydrogens (primary N) is 1. The number of carbonyl (C=O) groups is 2. The largest absolute Gasteiger partial charge is 0.497 e. The standard InChI is InChI=1S/C35H48N4O3.CH4S/c1-8-10-24(11-9-2)31-29-14-12-25(33(36)40)17-30(29)39-21-35(5,34(41)38-19-22(3)37(6)23(4)20-38)18-26-16-27(42-7)13-15-28(26)32(31)39;1-2/h12-17,22-24H,8-11,18-21H2,1-7H3,(H2,36,40);2H,1H3/t22-,23+,35?;. The molecule has 0 spiro atoms. The van der Waals surface area contributed by atoms with Gasteiger partial charge in [0, 0.05) is 53.7 Å². The van der Waals surface area contributed by atoms with E-state index in [-0.39, 0.29) is 18.0 Å². The Morgan fingerprint density at radius 1 is 1.05 bits per heavy atom. The lowest BCUT2D eigenvalue weighted by atomic mass is 9.80. The summed E-state index contributed by atoms with van der Waals surface area (Å²) in [5.74, 6) is 0.911. The molecule has 5 rings (SSSR count). The minimum Gasteiger partial charge on any atom is -0.497 e. The Bertz CT molecular complexity index is 1480. The highest BCUT2D eigenvalue weighted by Crippen LogP contribution is 2.48. The maximum atomic E-state index is 14.6. The van der Waals surface area contributed by atoms with Crippen LogP contribution in [0.1, 0.15) is 87.7 Å². The molecule has 2 amide bonds. The molecule has 0 radical (unpaired) electrons. The SMILES string of the molecule is CCCC(CCC)c1c2n(c3cc(C(N)=O)ccc13)CC(C)(C(=O)N1C[C@@H](C)N(C)[C@@H](C)C1)Cc1cc(OC)ccc1-2.CS. The molecule has 8 heteroatoms. The van der Waals surface area contributed by atoms with Crippen LogP contribution in [-0.2, 0) is 17.8 Å². The number of likely N-dealkylation sites (N-methyl/N-ethyl adjacent to an activating group) is 1. The zero-order chi connectivity index (χ0) is 32.3. The summed E-state index contributed by atoms with van der Waals surface area (Å²) in [6.45, 7) is 13.0. The van der Waals surface area contributed by atoms with Crippen molar-refractivity contribution in [1.29, 1.82) is 0 Å². The molecule has 1 aromatic heterocycles. The molecule has 0 bridgehead atoms. The fourth-order valence-electron chi connectivity index (χ4n) is 7.52. The van der Waals surface area contributed by atoms with Gasteiger partial charge in [0.2, 0.25) is 11.8 Å². The monoisotopic (exact) mass is 620 g/mol. The van der Waals surface area contributed by atoms with Crippen LogP contribution in [0.3, 0.4) is 0 Å². The number of thiol groups is 1. The molecule has 1 unspecified atom stereocenters. The minimum atomic E-state index is -0.696. The number of amides is 2. The van der Waals surface area contributed by atoms with Gasteiger partial charge in [0.25, 0.3) is 0 Å². The Hall–Kier alpha value is -2.97. The number of rotatable bonds is 8. The summed E-state index contributed by atoms with van der Waals surface area (Å²) in [5.41, 5.74) is 11.4. The number of benzene rings is 2. The molecule has 3 heterocycles. The average molecular weight is 621 g/mol. The van der Waals surface area contributed by atoms with Gasteiger partial charge in [-0.2, -0.15) is 12.6 Å². The second-order valence-electron chi connectivity index (χ2n) is 13.1. The first-order chi connectivity index (χ1) is 21.0. The first-order valence-electron chi connectivity index (χ1n) is 16.1. The molecule has 2 aromatic carbocycles. The lowest BCUT2D eigenvalue weighted by Gasteiger charge is -2.45. The van der Waals surface area contributed by atoms with E-state index in [1.807, 2.05) is 18.2 Å². The lowest BCUT2D eigenvalue weighted by Crippen LogP contribution is -2.59. The van der Waals surface area contributed by atoms with E-state index < -0.39 is 11.3 Å². The van der Waals surface area contributed by atoms with Gasteiger partial charge in [-0.05, 0) is 101 Å². The number of primary amides is 1. The summed E-state index contributed by atoms with van der Waals surface area (Å²) in [7, 11) is 3.84. The molecule has 2 aliphatic heterocycles. The molecule has 1 saturated heterocycles. The quantitative estimate of drug-likeness (QED) is 0.273. The van der Waals surface area contributed by atoms with Crippen LogP contribution in [-0.4, -0.2) is 71.8 Å². The third-order valence-electron chi connectivity index (χ3n) is 9.89. The van der Waals surface area contributed by atoms with Crippen LogP contribution in [0, 0.1) is 5.41 Å². The Morgan fingerprint density at radius 3 is 2.25 bits per heavy atom. The van der Waals surface area contributed by atoms with Crippen molar-refractivity contribution in [1.82, 2.24) is 14.4 Å². The Morgan fingerprint density at radius 2 is 1.68 bits per heavy atom. The molecule has 44 heavy (non-hydrogen) atoms. The van der Waals surface area contributed by atoms with Gasteiger partial charge < -0.3 is 19.9 Å². The minimum absolute atomic E-state index is 0.184. The van der Waals surface area contributed by atoms with Gasteiger partial charge in [0.15, 0.2) is 0 Å². The number of ether oxygens (including phenoxy) is 1. The molecular formula is C36H52N4O3S. The number of aromatic nitrogens is 1. The van der Waals surface area contributed by atoms with E-state index in [0.717, 1.165) is 53.5 Å². The van der Waals surface area contributed by atoms with Crippen molar-refractivity contribution >= 4 is 35.3 Å². The fourth-order valence-corrected chi connectivity index (χ4v) is 7.52. The predicted molar refractivity (Wildman–Crippen MR) is 185 cm³/mol. The van der Waals surface area contributed by atoms with E-state index in [1.165, 1.54) is 11.3 Å². The molecule has 3 atom stereocenters. The highest BCUT2D eigenvalue weighted by atomic mass is 32.1. The smallest absolute Gasteiger partial charge is 0.248 e. The summed E-state index contributed by atoms with van der Waals surface area (Å²) in [5, 5.41) is 1.15. The number of carbonyl (C=O) groups excluding carboxylic acids is 2. The average Bonchev–Trinajstić information content (AvgIpc) is 3.24. The van der Waals surface area contributed by atoms with Crippen LogP contribution in [0.25, 0.3) is 22.2 Å². The van der Waals surface area contributed by atoms with Crippen molar-refractivity contribution in [3.8, 4) is 17.0 Å². The van der Waals surface area contributed by atoms with E-state index >= 15 is 0 Å². The lowest BCUT2D eigenvalue weighted by molar-refractivity contribution is -0.146. The van der Waals surface area contributed by atoms with E-state index in [1.54, 1.807) is 13.4 Å². The summed E-state index contributed by atoms with van der Waals surface area (Å²) < 4.78 is 8.03. The number of nitrogens with zero attached hydrogens (tertiary/aromatic N) is 3. The van der Waals surface area contributed by atoms with Crippen LogP contribution < -0.4 is 10.5 Å². The van der Waals surface area contributed by atoms with E-state index in [9.17, 15) is 9.59 Å². The van der Waals surface area contributed by atoms with Crippen molar-refractivity contribution in [3.63, 3.8) is 0 Å². The van der Waals surface area contributed by atoms with Crippen LogP contribution in [0.2, 0.25) is 0 Å². The van der Waals surface area contributed by atoms with Gasteiger partial charge in [-0.15, -0.1) is 0 Å². The van der Waals surface area contributed by atoms with Gasteiger partial charge in [-0.1, -0.05) is 32.8 Å². The van der Waals surface area contributed by atoms with E-state index in [2.05, 4.69) is 86.9 Å². The van der Waals surface area contributed by atoms with Crippen LogP contribution in [0.5, 0.6) is 5.75 Å². The van der Waals surface area contributed by atoms with Gasteiger partial charge in [-0.25, -0.2) is 0 Å². The fraction of sp³-hybridized carbons (Fsp3) is 0.556. The van der Waals surface area contributed by atoms with Crippen molar-refractivity contribution in [2.24, 2.45) is 11.1 Å². The third kappa shape index (κ3) is 6.25. The zero-order valence-electron chi connectivity index (χ0n) is 27.9. The van der Waals surface area contributed by atoms with Gasteiger partial charge in [0.1, 0.15) is 5.75 Å². The van der Waals surface area contributed by atoms with Gasteiger partial charge in [-0.3, -0.25) is 14.5 Å². The molecule has 0 saturated carbocycles. The van der Waals surface area contributed by atoms with Crippen molar-refractivity contribution in [2.45, 2.75) is 91.3 Å². The van der Waals surface area contributed by atoms with Crippen molar-refractivity contribution in [2.75, 3.05) is 33.5 Å². The topological polar surface area (TPSA) is 80.8 Å². The van der Waals surface area contributed by atoms with Crippen LogP contribution in [0.4, 0.5) is 0 Å². The zero-order valence-corrected chi connectivity index (χ0v) is 28.8. The molecule has 7 nitrogen and oxygen atoms in total. The second-order valence-corrected chi connectivity index (χ2v) is 13.1. The normalized spacial score (nSPS) is 21.7. The molecule has 3 aromatic rings. The van der Waals surface area contributed by atoms with Crippen LogP contribution in [0.15, 0.2) is 36.4 Å². The van der Waals surface area contributed by atoms with Crippen molar-refractivity contribution in [3.05, 3.63) is 53.1 Å². The summed E-state index contributed by atoms with van der Waals surface area (Å²) in [6, 6.07) is 12.8. The number of methoxy groups -OCH3 is 1. The van der Waals surface area contributed by atoms with E-state index in [0.29, 0.717) is 37.5 Å². The number of piperazine rings is 1.